The molecule has 24 heavy (non-hydrogen) atoms. The van der Waals surface area contributed by atoms with E-state index in [1.807, 2.05) is 6.92 Å². The van der Waals surface area contributed by atoms with Gasteiger partial charge in [0.05, 0.1) is 11.4 Å². The van der Waals surface area contributed by atoms with Crippen LogP contribution in [0.5, 0.6) is 0 Å². The molecule has 0 radical (unpaired) electrons. The minimum atomic E-state index is -3.68. The molecule has 0 unspecified atom stereocenters. The van der Waals surface area contributed by atoms with E-state index in [4.69, 9.17) is 0 Å². The van der Waals surface area contributed by atoms with Crippen molar-refractivity contribution in [3.63, 3.8) is 0 Å². The van der Waals surface area contributed by atoms with Crippen LogP contribution in [-0.2, 0) is 14.8 Å². The van der Waals surface area contributed by atoms with Crippen molar-refractivity contribution in [2.75, 3.05) is 13.6 Å². The van der Waals surface area contributed by atoms with Crippen molar-refractivity contribution in [3.05, 3.63) is 42.0 Å². The van der Waals surface area contributed by atoms with Crippen molar-refractivity contribution in [1.82, 2.24) is 9.73 Å². The van der Waals surface area contributed by atoms with Crippen molar-refractivity contribution < 1.29 is 13.2 Å². The van der Waals surface area contributed by atoms with Gasteiger partial charge >= 0.3 is 0 Å². The fourth-order valence-electron chi connectivity index (χ4n) is 3.01. The molecule has 1 saturated carbocycles. The average Bonchev–Trinajstić information content (AvgIpc) is 2.89. The first-order chi connectivity index (χ1) is 11.4. The van der Waals surface area contributed by atoms with E-state index in [-0.39, 0.29) is 11.4 Å². The number of fused-ring (bicyclic) bond motifs is 1. The average molecular weight is 347 g/mol. The largest absolute Gasteiger partial charge is 0.272 e. The van der Waals surface area contributed by atoms with Gasteiger partial charge in [-0.05, 0) is 37.8 Å². The number of hydrogen-bond donors (Lipinski definition) is 1. The molecular weight excluding hydrogens is 326 g/mol. The Kier molecular flexibility index (Phi) is 4.56. The Morgan fingerprint density at radius 1 is 1.33 bits per heavy atom. The Hall–Kier alpha value is -1.99. The zero-order valence-electron chi connectivity index (χ0n) is 13.8. The number of carbonyl (C=O) groups is 1. The number of allylic oxidation sites excluding steroid dienone is 2. The molecule has 0 aliphatic heterocycles. The van der Waals surface area contributed by atoms with Crippen LogP contribution in [0.3, 0.4) is 0 Å². The third-order valence-corrected chi connectivity index (χ3v) is 6.40. The molecule has 3 rings (SSSR count). The summed E-state index contributed by atoms with van der Waals surface area (Å²) in [6, 6.07) is 6.55. The molecule has 0 heterocycles. The quantitative estimate of drug-likeness (QED) is 0.650. The van der Waals surface area contributed by atoms with Gasteiger partial charge in [0.1, 0.15) is 0 Å². The topological polar surface area (TPSA) is 78.8 Å². The summed E-state index contributed by atoms with van der Waals surface area (Å²) in [5, 5.41) is 4.15. The highest BCUT2D eigenvalue weighted by Gasteiger charge is 2.38. The summed E-state index contributed by atoms with van der Waals surface area (Å²) < 4.78 is 25.9. The maximum Gasteiger partial charge on any atom is 0.255 e. The van der Waals surface area contributed by atoms with Gasteiger partial charge in [-0.3, -0.25) is 4.79 Å². The molecule has 6 nitrogen and oxygen atoms in total. The first-order valence-corrected chi connectivity index (χ1v) is 9.37. The van der Waals surface area contributed by atoms with Gasteiger partial charge in [0.25, 0.3) is 5.91 Å². The van der Waals surface area contributed by atoms with Crippen molar-refractivity contribution in [2.45, 2.75) is 24.7 Å². The molecule has 1 aromatic carbocycles. The van der Waals surface area contributed by atoms with Crippen molar-refractivity contribution in [3.8, 4) is 0 Å². The fraction of sp³-hybridized carbons (Fsp3) is 0.412. The molecule has 0 aromatic heterocycles. The Labute approximate surface area is 142 Å². The summed E-state index contributed by atoms with van der Waals surface area (Å²) in [5.41, 5.74) is 4.44. The molecule has 7 heteroatoms. The monoisotopic (exact) mass is 347 g/mol. The highest BCUT2D eigenvalue weighted by molar-refractivity contribution is 7.89. The summed E-state index contributed by atoms with van der Waals surface area (Å²) >= 11 is 0. The third-order valence-electron chi connectivity index (χ3n) is 4.58. The number of hydrogen-bond acceptors (Lipinski definition) is 4. The van der Waals surface area contributed by atoms with Gasteiger partial charge in [0.2, 0.25) is 10.0 Å². The third kappa shape index (κ3) is 3.27. The van der Waals surface area contributed by atoms with Crippen molar-refractivity contribution in [2.24, 2.45) is 16.9 Å². The van der Waals surface area contributed by atoms with Crippen LogP contribution >= 0.6 is 0 Å². The predicted molar refractivity (Wildman–Crippen MR) is 91.9 cm³/mol. The molecule has 1 aromatic rings. The van der Waals surface area contributed by atoms with Gasteiger partial charge in [0, 0.05) is 18.7 Å². The van der Waals surface area contributed by atoms with Gasteiger partial charge in [-0.15, -0.1) is 0 Å². The zero-order valence-corrected chi connectivity index (χ0v) is 14.6. The lowest BCUT2D eigenvalue weighted by Crippen LogP contribution is -2.39. The number of aryl methyl sites for hydroxylation is 1. The molecule has 2 aliphatic rings. The Morgan fingerprint density at radius 2 is 2.04 bits per heavy atom. The van der Waals surface area contributed by atoms with E-state index in [0.29, 0.717) is 11.8 Å². The summed E-state index contributed by atoms with van der Waals surface area (Å²) in [4.78, 5) is 12.2. The van der Waals surface area contributed by atoms with Gasteiger partial charge in [0.15, 0.2) is 0 Å². The number of likely N-dealkylation sites (N-methyl/N-ethyl adjacent to an activating group) is 1. The molecule has 0 bridgehead atoms. The number of hydrazone groups is 1. The molecule has 1 amide bonds. The SMILES string of the molecule is Cc1ccc(S(=O)(=O)N(C)CC(=O)N/N=C2/C[C@H]3C=CC[C@H]23)cc1. The van der Waals surface area contributed by atoms with Gasteiger partial charge in [-0.25, -0.2) is 13.8 Å². The summed E-state index contributed by atoms with van der Waals surface area (Å²) in [6.45, 7) is 1.62. The van der Waals surface area contributed by atoms with Crippen molar-refractivity contribution in [1.29, 1.82) is 0 Å². The van der Waals surface area contributed by atoms with Crippen LogP contribution in [0, 0.1) is 18.8 Å². The number of rotatable bonds is 5. The number of sulfonamides is 1. The van der Waals surface area contributed by atoms with E-state index in [2.05, 4.69) is 22.7 Å². The number of nitrogens with one attached hydrogen (secondary N) is 1. The number of benzene rings is 1. The van der Waals surface area contributed by atoms with Crippen LogP contribution in [0.15, 0.2) is 46.4 Å². The van der Waals surface area contributed by atoms with E-state index < -0.39 is 15.9 Å². The maximum atomic E-state index is 12.4. The van der Waals surface area contributed by atoms with E-state index in [1.165, 1.54) is 7.05 Å². The Balaban J connectivity index is 1.57. The number of nitrogens with zero attached hydrogens (tertiary/aromatic N) is 2. The van der Waals surface area contributed by atoms with Crippen LogP contribution < -0.4 is 5.43 Å². The molecule has 1 N–H and O–H groups in total. The second-order valence-corrected chi connectivity index (χ2v) is 8.40. The second-order valence-electron chi connectivity index (χ2n) is 6.35. The molecule has 0 spiro atoms. The van der Waals surface area contributed by atoms with E-state index in [1.54, 1.807) is 24.3 Å². The molecule has 2 atom stereocenters. The van der Waals surface area contributed by atoms with Gasteiger partial charge in [-0.2, -0.15) is 9.41 Å². The van der Waals surface area contributed by atoms with E-state index >= 15 is 0 Å². The predicted octanol–water partition coefficient (Wildman–Crippen LogP) is 1.68. The molecule has 1 fully saturated rings. The summed E-state index contributed by atoms with van der Waals surface area (Å²) in [5.74, 6) is 0.541. The first kappa shape index (κ1) is 16.9. The summed E-state index contributed by atoms with van der Waals surface area (Å²) in [7, 11) is -2.29. The highest BCUT2D eigenvalue weighted by Crippen LogP contribution is 2.40. The minimum Gasteiger partial charge on any atom is -0.272 e. The normalized spacial score (nSPS) is 24.0. The number of amides is 1. The van der Waals surface area contributed by atoms with Crippen LogP contribution in [0.2, 0.25) is 0 Å². The van der Waals surface area contributed by atoms with Crippen LogP contribution in [0.4, 0.5) is 0 Å². The van der Waals surface area contributed by atoms with E-state index in [9.17, 15) is 13.2 Å². The van der Waals surface area contributed by atoms with Gasteiger partial charge < -0.3 is 0 Å². The Morgan fingerprint density at radius 3 is 2.71 bits per heavy atom. The van der Waals surface area contributed by atoms with Crippen molar-refractivity contribution >= 4 is 21.6 Å². The first-order valence-electron chi connectivity index (χ1n) is 7.93. The van der Waals surface area contributed by atoms with Gasteiger partial charge in [-0.1, -0.05) is 29.8 Å². The smallest absolute Gasteiger partial charge is 0.255 e. The molecule has 128 valence electrons. The number of carbonyl (C=O) groups excluding carboxylic acids is 1. The second kappa shape index (κ2) is 6.49. The summed E-state index contributed by atoms with van der Waals surface area (Å²) in [6.07, 6.45) is 6.18. The lowest BCUT2D eigenvalue weighted by molar-refractivity contribution is -0.121. The lowest BCUT2D eigenvalue weighted by atomic mass is 9.74. The minimum absolute atomic E-state index is 0.175. The van der Waals surface area contributed by atoms with Crippen LogP contribution in [0.25, 0.3) is 0 Å². The molecule has 2 aliphatic carbocycles. The zero-order chi connectivity index (χ0) is 17.3. The molecule has 0 saturated heterocycles. The Bertz CT molecular complexity index is 797. The lowest BCUT2D eigenvalue weighted by Gasteiger charge is -2.31. The standard InChI is InChI=1S/C17H21N3O3S/c1-12-6-8-14(9-7-12)24(22,23)20(2)11-17(21)19-18-16-10-13-4-3-5-15(13)16/h3-4,6-9,13,15H,5,10-11H2,1-2H3,(H,19,21)/b18-16-/t13-,15+/m1/s1. The van der Waals surface area contributed by atoms with E-state index in [0.717, 1.165) is 28.4 Å². The fourth-order valence-corrected chi connectivity index (χ4v) is 4.14. The van der Waals surface area contributed by atoms with Crippen LogP contribution in [0.1, 0.15) is 18.4 Å². The maximum absolute atomic E-state index is 12.4. The van der Waals surface area contributed by atoms with Crippen LogP contribution in [-0.4, -0.2) is 37.9 Å². The highest BCUT2D eigenvalue weighted by atomic mass is 32.2. The molecular formula is C17H21N3O3S.